The Morgan fingerprint density at radius 3 is 2.50 bits per heavy atom. The largest absolute Gasteiger partial charge is 0.452 e. The summed E-state index contributed by atoms with van der Waals surface area (Å²) in [4.78, 5) is 21.0. The molecule has 2 aromatic heterocycles. The molecule has 1 aromatic carbocycles. The summed E-state index contributed by atoms with van der Waals surface area (Å²) in [6.07, 6.45) is 3.24. The molecule has 22 heavy (non-hydrogen) atoms. The number of nitrogens with two attached hydrogens (primary N) is 1. The van der Waals surface area contributed by atoms with Crippen LogP contribution in [0.5, 0.6) is 0 Å². The third kappa shape index (κ3) is 2.29. The lowest BCUT2D eigenvalue weighted by Crippen LogP contribution is -2.12. The number of aromatic nitrogens is 2. The van der Waals surface area contributed by atoms with E-state index in [9.17, 15) is 4.79 Å². The Kier molecular flexibility index (Phi) is 3.50. The Labute approximate surface area is 127 Å². The number of rotatable bonds is 2. The molecule has 5 nitrogen and oxygen atoms in total. The predicted octanol–water partition coefficient (Wildman–Crippen LogP) is 2.89. The van der Waals surface area contributed by atoms with Crippen LogP contribution in [0, 0.1) is 13.8 Å². The van der Waals surface area contributed by atoms with E-state index in [1.165, 1.54) is 0 Å². The zero-order valence-corrected chi connectivity index (χ0v) is 12.8. The van der Waals surface area contributed by atoms with E-state index in [-0.39, 0.29) is 11.5 Å². The average molecular weight is 295 g/mol. The SMILES string of the molecule is Cc1cc([C@@H](C)N)c2oc(-c3ncccn3)c(C)c(=O)c2c1. The second-order valence-electron chi connectivity index (χ2n) is 5.48. The summed E-state index contributed by atoms with van der Waals surface area (Å²) in [6.45, 7) is 5.53. The second kappa shape index (κ2) is 5.35. The van der Waals surface area contributed by atoms with Crippen LogP contribution in [0.25, 0.3) is 22.6 Å². The third-order valence-electron chi connectivity index (χ3n) is 3.65. The highest BCUT2D eigenvalue weighted by Gasteiger charge is 2.18. The van der Waals surface area contributed by atoms with Gasteiger partial charge in [0.25, 0.3) is 0 Å². The molecule has 0 unspecified atom stereocenters. The van der Waals surface area contributed by atoms with Gasteiger partial charge in [-0.3, -0.25) is 4.79 Å². The average Bonchev–Trinajstić information content (AvgIpc) is 2.51. The Balaban J connectivity index is 2.43. The smallest absolute Gasteiger partial charge is 0.196 e. The van der Waals surface area contributed by atoms with Gasteiger partial charge in [-0.15, -0.1) is 0 Å². The highest BCUT2D eigenvalue weighted by Crippen LogP contribution is 2.28. The fraction of sp³-hybridized carbons (Fsp3) is 0.235. The molecule has 1 atom stereocenters. The maximum Gasteiger partial charge on any atom is 0.196 e. The van der Waals surface area contributed by atoms with E-state index in [0.717, 1.165) is 11.1 Å². The van der Waals surface area contributed by atoms with Gasteiger partial charge in [0.05, 0.1) is 5.39 Å². The highest BCUT2D eigenvalue weighted by atomic mass is 16.3. The minimum absolute atomic E-state index is 0.0747. The van der Waals surface area contributed by atoms with Crippen LogP contribution in [0.2, 0.25) is 0 Å². The number of hydrogen-bond acceptors (Lipinski definition) is 5. The van der Waals surface area contributed by atoms with Gasteiger partial charge < -0.3 is 10.2 Å². The molecule has 0 saturated heterocycles. The van der Waals surface area contributed by atoms with E-state index in [4.69, 9.17) is 10.2 Å². The molecular formula is C17H17N3O2. The first-order valence-electron chi connectivity index (χ1n) is 7.10. The van der Waals surface area contributed by atoms with Crippen LogP contribution >= 0.6 is 0 Å². The zero-order chi connectivity index (χ0) is 15.9. The van der Waals surface area contributed by atoms with Crippen molar-refractivity contribution in [1.82, 2.24) is 9.97 Å². The van der Waals surface area contributed by atoms with Gasteiger partial charge in [0.1, 0.15) is 5.58 Å². The van der Waals surface area contributed by atoms with Crippen LogP contribution < -0.4 is 11.2 Å². The van der Waals surface area contributed by atoms with Gasteiger partial charge in [0.15, 0.2) is 17.0 Å². The number of nitrogens with zero attached hydrogens (tertiary/aromatic N) is 2. The van der Waals surface area contributed by atoms with Crippen LogP contribution in [-0.2, 0) is 0 Å². The van der Waals surface area contributed by atoms with Crippen LogP contribution in [0.3, 0.4) is 0 Å². The molecule has 0 amide bonds. The fourth-order valence-corrected chi connectivity index (χ4v) is 2.54. The molecule has 3 rings (SSSR count). The lowest BCUT2D eigenvalue weighted by molar-refractivity contribution is 0.597. The van der Waals surface area contributed by atoms with Crippen molar-refractivity contribution < 1.29 is 4.42 Å². The molecule has 0 aliphatic rings. The van der Waals surface area contributed by atoms with Gasteiger partial charge in [-0.2, -0.15) is 0 Å². The van der Waals surface area contributed by atoms with Crippen LogP contribution in [0.1, 0.15) is 29.7 Å². The van der Waals surface area contributed by atoms with Gasteiger partial charge in [0.2, 0.25) is 0 Å². The first-order valence-corrected chi connectivity index (χ1v) is 7.10. The van der Waals surface area contributed by atoms with Crippen LogP contribution in [0.15, 0.2) is 39.8 Å². The molecule has 112 valence electrons. The summed E-state index contributed by atoms with van der Waals surface area (Å²) in [5, 5.41) is 0.546. The van der Waals surface area contributed by atoms with E-state index in [1.54, 1.807) is 25.4 Å². The number of benzene rings is 1. The summed E-state index contributed by atoms with van der Waals surface area (Å²) < 4.78 is 6.00. The minimum atomic E-state index is -0.238. The number of hydrogen-bond donors (Lipinski definition) is 1. The topological polar surface area (TPSA) is 82.0 Å². The van der Waals surface area contributed by atoms with Crippen molar-refractivity contribution in [3.8, 4) is 11.6 Å². The van der Waals surface area contributed by atoms with E-state index in [1.807, 2.05) is 26.0 Å². The summed E-state index contributed by atoms with van der Waals surface area (Å²) in [6, 6.07) is 5.25. The Morgan fingerprint density at radius 2 is 1.86 bits per heavy atom. The first kappa shape index (κ1) is 14.4. The molecule has 0 saturated carbocycles. The first-order chi connectivity index (χ1) is 10.5. The monoisotopic (exact) mass is 295 g/mol. The van der Waals surface area contributed by atoms with Crippen molar-refractivity contribution in [3.63, 3.8) is 0 Å². The normalized spacial score (nSPS) is 12.5. The molecule has 0 bridgehead atoms. The molecule has 0 spiro atoms. The highest BCUT2D eigenvalue weighted by molar-refractivity contribution is 5.83. The molecule has 0 radical (unpaired) electrons. The van der Waals surface area contributed by atoms with E-state index in [0.29, 0.717) is 28.1 Å². The van der Waals surface area contributed by atoms with Crippen LogP contribution in [-0.4, -0.2) is 9.97 Å². The maximum atomic E-state index is 12.7. The fourth-order valence-electron chi connectivity index (χ4n) is 2.54. The summed E-state index contributed by atoms with van der Waals surface area (Å²) in [5.41, 5.74) is 8.76. The lowest BCUT2D eigenvalue weighted by atomic mass is 10.0. The zero-order valence-electron chi connectivity index (χ0n) is 12.8. The van der Waals surface area contributed by atoms with Crippen molar-refractivity contribution >= 4 is 11.0 Å². The van der Waals surface area contributed by atoms with Gasteiger partial charge >= 0.3 is 0 Å². The predicted molar refractivity (Wildman–Crippen MR) is 85.6 cm³/mol. The number of aryl methyl sites for hydroxylation is 1. The molecule has 3 aromatic rings. The van der Waals surface area contributed by atoms with Gasteiger partial charge in [-0.05, 0) is 38.5 Å². The second-order valence-corrected chi connectivity index (χ2v) is 5.48. The Morgan fingerprint density at radius 1 is 1.18 bits per heavy atom. The summed E-state index contributed by atoms with van der Waals surface area (Å²) >= 11 is 0. The molecule has 2 N–H and O–H groups in total. The van der Waals surface area contributed by atoms with E-state index in [2.05, 4.69) is 9.97 Å². The molecule has 0 aliphatic heterocycles. The third-order valence-corrected chi connectivity index (χ3v) is 3.65. The van der Waals surface area contributed by atoms with Crippen molar-refractivity contribution in [2.75, 3.05) is 0 Å². The van der Waals surface area contributed by atoms with Crippen LogP contribution in [0.4, 0.5) is 0 Å². The Hall–Kier alpha value is -2.53. The summed E-state index contributed by atoms with van der Waals surface area (Å²) in [7, 11) is 0. The summed E-state index contributed by atoms with van der Waals surface area (Å²) in [5.74, 6) is 0.791. The standard InChI is InChI=1S/C17H17N3O2/c1-9-7-12(11(3)18)16-13(8-9)14(21)10(2)15(22-16)17-19-5-4-6-20-17/h4-8,11H,18H2,1-3H3/t11-/m1/s1. The molecular weight excluding hydrogens is 278 g/mol. The molecule has 0 aliphatic carbocycles. The van der Waals surface area contributed by atoms with Crippen molar-refractivity contribution in [3.05, 3.63) is 57.5 Å². The quantitative estimate of drug-likeness (QED) is 0.786. The van der Waals surface area contributed by atoms with Gasteiger partial charge in [-0.1, -0.05) is 6.07 Å². The van der Waals surface area contributed by atoms with Gasteiger partial charge in [0, 0.05) is 29.6 Å². The minimum Gasteiger partial charge on any atom is -0.452 e. The maximum absolute atomic E-state index is 12.7. The molecule has 2 heterocycles. The lowest BCUT2D eigenvalue weighted by Gasteiger charge is -2.12. The molecule has 5 heteroatoms. The molecule has 0 fully saturated rings. The van der Waals surface area contributed by atoms with E-state index < -0.39 is 0 Å². The van der Waals surface area contributed by atoms with Crippen molar-refractivity contribution in [1.29, 1.82) is 0 Å². The van der Waals surface area contributed by atoms with Gasteiger partial charge in [-0.25, -0.2) is 9.97 Å². The number of fused-ring (bicyclic) bond motifs is 1. The van der Waals surface area contributed by atoms with Crippen molar-refractivity contribution in [2.24, 2.45) is 5.73 Å². The van der Waals surface area contributed by atoms with E-state index >= 15 is 0 Å². The Bertz CT molecular complexity index is 899. The van der Waals surface area contributed by atoms with Crippen molar-refractivity contribution in [2.45, 2.75) is 26.8 Å².